The molecule has 0 aromatic heterocycles. The lowest BCUT2D eigenvalue weighted by Crippen LogP contribution is -2.63. The van der Waals surface area contributed by atoms with Crippen molar-refractivity contribution in [3.63, 3.8) is 0 Å². The van der Waals surface area contributed by atoms with Gasteiger partial charge in [-0.25, -0.2) is 9.59 Å². The summed E-state index contributed by atoms with van der Waals surface area (Å²) < 4.78 is 14.6. The molecule has 2 aliphatic heterocycles. The van der Waals surface area contributed by atoms with Gasteiger partial charge in [0.15, 0.2) is 18.5 Å². The molecule has 2 saturated heterocycles. The van der Waals surface area contributed by atoms with Crippen LogP contribution in [0.25, 0.3) is 0 Å². The molecule has 2 aliphatic rings. The molecule has 0 amide bonds. The largest absolute Gasteiger partial charge is 0.479 e. The summed E-state index contributed by atoms with van der Waals surface area (Å²) in [5, 5.41) is 76.0. The Hall–Kier alpha value is -1.42. The van der Waals surface area contributed by atoms with Crippen LogP contribution in [0.2, 0.25) is 0 Å². The minimum absolute atomic E-state index is 1.21. The van der Waals surface area contributed by atoms with Gasteiger partial charge in [-0.1, -0.05) is 0 Å². The van der Waals surface area contributed by atoms with E-state index in [0.717, 1.165) is 0 Å². The predicted octanol–water partition coefficient (Wildman–Crippen LogP) is -5.21. The molecule has 0 saturated carbocycles. The molecule has 9 atom stereocenters. The van der Waals surface area contributed by atoms with E-state index < -0.39 is 73.4 Å². The first-order chi connectivity index (χ1) is 11.6. The Labute approximate surface area is 139 Å². The van der Waals surface area contributed by atoms with Gasteiger partial charge in [0.1, 0.15) is 37.1 Å². The summed E-state index contributed by atoms with van der Waals surface area (Å²) in [6.07, 6.45) is -16.3. The Morgan fingerprint density at radius 2 is 1.44 bits per heavy atom. The number of rotatable bonds is 5. The number of carboxylic acids is 2. The third-order valence-corrected chi connectivity index (χ3v) is 4.00. The maximum Gasteiger partial charge on any atom is 0.335 e. The van der Waals surface area contributed by atoms with Crippen LogP contribution >= 0.6 is 0 Å². The molecule has 0 bridgehead atoms. The van der Waals surface area contributed by atoms with E-state index >= 15 is 0 Å². The van der Waals surface area contributed by atoms with Crippen molar-refractivity contribution >= 4 is 11.9 Å². The van der Waals surface area contributed by atoms with Crippen LogP contribution < -0.4 is 0 Å². The maximum absolute atomic E-state index is 11.0. The van der Waals surface area contributed by atoms with Gasteiger partial charge in [-0.3, -0.25) is 0 Å². The average molecular weight is 370 g/mol. The van der Waals surface area contributed by atoms with Gasteiger partial charge in [-0.05, 0) is 0 Å². The van der Waals surface area contributed by atoms with E-state index in [4.69, 9.17) is 24.4 Å². The van der Waals surface area contributed by atoms with Crippen molar-refractivity contribution in [1.82, 2.24) is 0 Å². The quantitative estimate of drug-likeness (QED) is 0.227. The fraction of sp³-hybridized carbons (Fsp3) is 0.833. The molecular weight excluding hydrogens is 352 g/mol. The number of ether oxygens (including phenoxy) is 3. The Morgan fingerprint density at radius 1 is 0.880 bits per heavy atom. The second kappa shape index (κ2) is 7.06. The van der Waals surface area contributed by atoms with Gasteiger partial charge < -0.3 is 55.1 Å². The van der Waals surface area contributed by atoms with E-state index in [-0.39, 0.29) is 0 Å². The van der Waals surface area contributed by atoms with Gasteiger partial charge in [-0.15, -0.1) is 0 Å². The number of hydrogen-bond donors (Lipinski definition) is 8. The van der Waals surface area contributed by atoms with Crippen molar-refractivity contribution < 1.29 is 64.7 Å². The first-order valence-corrected chi connectivity index (χ1v) is 7.03. The summed E-state index contributed by atoms with van der Waals surface area (Å²) in [5.74, 6) is -5.98. The first kappa shape index (κ1) is 19.9. The minimum atomic E-state index is -2.58. The lowest BCUT2D eigenvalue weighted by molar-refractivity contribution is -0.378. The van der Waals surface area contributed by atoms with Gasteiger partial charge >= 0.3 is 11.9 Å². The summed E-state index contributed by atoms with van der Waals surface area (Å²) in [4.78, 5) is 22.0. The van der Waals surface area contributed by atoms with E-state index in [1.807, 2.05) is 0 Å². The standard InChI is InChI=1S/C12H18O13/c13-1-12(8(18)5(17)7(24-12)10(21)22)25-11-4(16)2(14)3(15)6(23-11)9(19)20/h2-8,11,13-18H,1H2,(H,19,20)(H,21,22)/t2-,3-,4+,5+,6-,7-,8-,11+,12-/m0/s1. The van der Waals surface area contributed by atoms with Crippen LogP contribution in [0.1, 0.15) is 0 Å². The molecule has 144 valence electrons. The van der Waals surface area contributed by atoms with Crippen LogP contribution in [0.4, 0.5) is 0 Å². The monoisotopic (exact) mass is 370 g/mol. The Balaban J connectivity index is 2.25. The number of aliphatic carboxylic acids is 2. The van der Waals surface area contributed by atoms with Crippen LogP contribution in [0, 0.1) is 0 Å². The van der Waals surface area contributed by atoms with Crippen molar-refractivity contribution in [2.45, 2.75) is 54.8 Å². The second-order valence-corrected chi connectivity index (χ2v) is 5.64. The lowest BCUT2D eigenvalue weighted by Gasteiger charge is -2.42. The third-order valence-electron chi connectivity index (χ3n) is 4.00. The van der Waals surface area contributed by atoms with Crippen LogP contribution in [0.15, 0.2) is 0 Å². The van der Waals surface area contributed by atoms with Crippen molar-refractivity contribution in [3.05, 3.63) is 0 Å². The molecule has 13 heteroatoms. The van der Waals surface area contributed by atoms with Gasteiger partial charge in [0, 0.05) is 0 Å². The topological polar surface area (TPSA) is 224 Å². The lowest BCUT2D eigenvalue weighted by atomic mass is 9.98. The van der Waals surface area contributed by atoms with Gasteiger partial charge in [0.25, 0.3) is 0 Å². The molecule has 2 rings (SSSR count). The summed E-state index contributed by atoms with van der Waals surface area (Å²) in [6, 6.07) is 0. The summed E-state index contributed by atoms with van der Waals surface area (Å²) in [6.45, 7) is -1.21. The van der Waals surface area contributed by atoms with Crippen molar-refractivity contribution in [3.8, 4) is 0 Å². The van der Waals surface area contributed by atoms with E-state index in [1.165, 1.54) is 0 Å². The minimum Gasteiger partial charge on any atom is -0.479 e. The van der Waals surface area contributed by atoms with Crippen molar-refractivity contribution in [1.29, 1.82) is 0 Å². The molecule has 0 radical (unpaired) electrons. The normalized spacial score (nSPS) is 47.6. The molecular formula is C12H18O13. The number of aliphatic hydroxyl groups excluding tert-OH is 6. The highest BCUT2D eigenvalue weighted by Gasteiger charge is 2.60. The number of aliphatic hydroxyl groups is 6. The van der Waals surface area contributed by atoms with Crippen molar-refractivity contribution in [2.24, 2.45) is 0 Å². The van der Waals surface area contributed by atoms with Gasteiger partial charge in [-0.2, -0.15) is 0 Å². The summed E-state index contributed by atoms with van der Waals surface area (Å²) in [7, 11) is 0. The average Bonchev–Trinajstić information content (AvgIpc) is 2.80. The zero-order valence-corrected chi connectivity index (χ0v) is 12.4. The molecule has 2 fully saturated rings. The molecule has 2 heterocycles. The van der Waals surface area contributed by atoms with Crippen LogP contribution in [0.3, 0.4) is 0 Å². The second-order valence-electron chi connectivity index (χ2n) is 5.64. The third kappa shape index (κ3) is 3.33. The van der Waals surface area contributed by atoms with Crippen LogP contribution in [-0.2, 0) is 23.8 Å². The highest BCUT2D eigenvalue weighted by Crippen LogP contribution is 2.36. The van der Waals surface area contributed by atoms with E-state index in [0.29, 0.717) is 0 Å². The molecule has 8 N–H and O–H groups in total. The molecule has 0 aromatic rings. The smallest absolute Gasteiger partial charge is 0.335 e. The van der Waals surface area contributed by atoms with Crippen LogP contribution in [-0.4, -0.2) is 114 Å². The number of carboxylic acid groups (broad SMARTS) is 2. The summed E-state index contributed by atoms with van der Waals surface area (Å²) >= 11 is 0. The van der Waals surface area contributed by atoms with E-state index in [9.17, 15) is 40.2 Å². The molecule has 0 spiro atoms. The van der Waals surface area contributed by atoms with Crippen molar-refractivity contribution in [2.75, 3.05) is 6.61 Å². The number of carbonyl (C=O) groups is 2. The Bertz CT molecular complexity index is 525. The van der Waals surface area contributed by atoms with Gasteiger partial charge in [0.05, 0.1) is 0 Å². The van der Waals surface area contributed by atoms with E-state index in [2.05, 4.69) is 0 Å². The summed E-state index contributed by atoms with van der Waals surface area (Å²) in [5.41, 5.74) is 0. The molecule has 0 aliphatic carbocycles. The Kier molecular flexibility index (Phi) is 5.62. The zero-order chi connectivity index (χ0) is 19.1. The molecule has 0 unspecified atom stereocenters. The fourth-order valence-electron chi connectivity index (χ4n) is 2.59. The zero-order valence-electron chi connectivity index (χ0n) is 12.4. The maximum atomic E-state index is 11.0. The molecule has 0 aromatic carbocycles. The highest BCUT2D eigenvalue weighted by atomic mass is 16.8. The number of hydrogen-bond acceptors (Lipinski definition) is 11. The molecule has 25 heavy (non-hydrogen) atoms. The van der Waals surface area contributed by atoms with Gasteiger partial charge in [0.2, 0.25) is 5.79 Å². The fourth-order valence-corrected chi connectivity index (χ4v) is 2.59. The van der Waals surface area contributed by atoms with E-state index in [1.54, 1.807) is 0 Å². The SMILES string of the molecule is O=C(O)[C@H]1O[C@@](CO)(O[C@H]2O[C@H](C(=O)O)[C@@H](O)[C@H](O)[C@H]2O)[C@@H](O)[C@@H]1O. The highest BCUT2D eigenvalue weighted by molar-refractivity contribution is 5.74. The first-order valence-electron chi connectivity index (χ1n) is 7.03. The van der Waals surface area contributed by atoms with Crippen LogP contribution in [0.5, 0.6) is 0 Å². The predicted molar refractivity (Wildman–Crippen MR) is 69.7 cm³/mol. The Morgan fingerprint density at radius 3 is 1.88 bits per heavy atom. The molecule has 13 nitrogen and oxygen atoms in total.